The summed E-state index contributed by atoms with van der Waals surface area (Å²) in [6.07, 6.45) is 0. The molecule has 0 spiro atoms. The number of hydrogen-bond acceptors (Lipinski definition) is 6. The second kappa shape index (κ2) is 8.46. The molecule has 0 bridgehead atoms. The number of benzene rings is 2. The average molecular weight is 382 g/mol. The Morgan fingerprint density at radius 3 is 2.33 bits per heavy atom. The Morgan fingerprint density at radius 2 is 1.74 bits per heavy atom. The van der Waals surface area contributed by atoms with Gasteiger partial charge in [0.25, 0.3) is 0 Å². The predicted octanol–water partition coefficient (Wildman–Crippen LogP) is 5.02. The predicted molar refractivity (Wildman–Crippen MR) is 106 cm³/mol. The van der Waals surface area contributed by atoms with Gasteiger partial charge >= 0.3 is 11.0 Å². The molecule has 0 unspecified atom stereocenters. The van der Waals surface area contributed by atoms with Crippen LogP contribution in [0.15, 0.2) is 66.7 Å². The summed E-state index contributed by atoms with van der Waals surface area (Å²) in [6.45, 7) is 1.87. The fraction of sp³-hybridized carbons (Fsp3) is 0.150. The highest BCUT2D eigenvalue weighted by atomic mass is 32.1. The minimum atomic E-state index is -0.442. The van der Waals surface area contributed by atoms with Crippen molar-refractivity contribution in [2.24, 2.45) is 0 Å². The molecule has 27 heavy (non-hydrogen) atoms. The first-order valence-electron chi connectivity index (χ1n) is 8.42. The maximum atomic E-state index is 12.1. The van der Waals surface area contributed by atoms with E-state index in [-0.39, 0.29) is 18.2 Å². The van der Waals surface area contributed by atoms with Gasteiger partial charge in [0.1, 0.15) is 12.2 Å². The lowest BCUT2D eigenvalue weighted by Gasteiger charge is -2.22. The van der Waals surface area contributed by atoms with E-state index in [2.05, 4.69) is 0 Å². The molecule has 0 amide bonds. The molecule has 1 aromatic heterocycles. The van der Waals surface area contributed by atoms with Crippen molar-refractivity contribution in [2.45, 2.75) is 6.92 Å². The van der Waals surface area contributed by atoms with Crippen LogP contribution < -0.4 is 4.90 Å². The minimum absolute atomic E-state index is 0.0120. The molecule has 3 aromatic rings. The van der Waals surface area contributed by atoms with Crippen molar-refractivity contribution >= 4 is 33.7 Å². The van der Waals surface area contributed by atoms with Gasteiger partial charge in [-0.25, -0.2) is 0 Å². The molecule has 2 aromatic carbocycles. The smallest absolute Gasteiger partial charge is 0.348 e. The van der Waals surface area contributed by atoms with Crippen LogP contribution in [0.3, 0.4) is 0 Å². The Hall–Kier alpha value is -3.19. The highest BCUT2D eigenvalue weighted by Gasteiger charge is 2.27. The van der Waals surface area contributed by atoms with E-state index in [9.17, 15) is 14.9 Å². The Bertz CT molecular complexity index is 926. The molecule has 7 heteroatoms. The fourth-order valence-electron chi connectivity index (χ4n) is 2.70. The zero-order chi connectivity index (χ0) is 19.2. The number of carbonyl (C=O) groups excluding carboxylic acids is 1. The molecule has 0 radical (unpaired) electrons. The third-order valence-electron chi connectivity index (χ3n) is 3.87. The monoisotopic (exact) mass is 382 g/mol. The molecule has 0 aliphatic rings. The molecular formula is C20H18N2O4S. The zero-order valence-corrected chi connectivity index (χ0v) is 15.5. The summed E-state index contributed by atoms with van der Waals surface area (Å²) in [5.41, 5.74) is 1.95. The lowest BCUT2D eigenvalue weighted by atomic mass is 10.2. The van der Waals surface area contributed by atoms with Crippen molar-refractivity contribution in [1.29, 1.82) is 0 Å². The van der Waals surface area contributed by atoms with Crippen LogP contribution in [-0.4, -0.2) is 24.0 Å². The number of rotatable bonds is 7. The fourth-order valence-corrected chi connectivity index (χ4v) is 3.68. The third-order valence-corrected chi connectivity index (χ3v) is 4.99. The summed E-state index contributed by atoms with van der Waals surface area (Å²) in [4.78, 5) is 25.8. The first kappa shape index (κ1) is 18.6. The largest absolute Gasteiger partial charge is 0.465 e. The average Bonchev–Trinajstić information content (AvgIpc) is 3.13. The molecule has 0 atom stereocenters. The van der Waals surface area contributed by atoms with Gasteiger partial charge in [-0.2, -0.15) is 0 Å². The summed E-state index contributed by atoms with van der Waals surface area (Å²) >= 11 is 1.09. The van der Waals surface area contributed by atoms with Crippen LogP contribution in [0.1, 0.15) is 6.92 Å². The molecule has 0 saturated heterocycles. The summed E-state index contributed by atoms with van der Waals surface area (Å²) in [5, 5.41) is 11.7. The van der Waals surface area contributed by atoms with Gasteiger partial charge in [0, 0.05) is 10.6 Å². The summed E-state index contributed by atoms with van der Waals surface area (Å²) in [5.74, 6) is -0.442. The Morgan fingerprint density at radius 1 is 1.11 bits per heavy atom. The molecule has 0 fully saturated rings. The number of ether oxygens (including phenoxy) is 1. The van der Waals surface area contributed by atoms with Crippen molar-refractivity contribution in [3.8, 4) is 10.4 Å². The molecule has 0 aliphatic carbocycles. The molecule has 3 rings (SSSR count). The lowest BCUT2D eigenvalue weighted by molar-refractivity contribution is -0.379. The summed E-state index contributed by atoms with van der Waals surface area (Å²) in [6, 6.07) is 20.3. The first-order valence-corrected chi connectivity index (χ1v) is 9.23. The van der Waals surface area contributed by atoms with Gasteiger partial charge < -0.3 is 9.64 Å². The number of para-hydroxylation sites is 1. The van der Waals surface area contributed by atoms with Gasteiger partial charge in [-0.05, 0) is 30.7 Å². The molecule has 6 nitrogen and oxygen atoms in total. The molecule has 0 N–H and O–H groups in total. The number of carbonyl (C=O) groups is 1. The van der Waals surface area contributed by atoms with E-state index in [0.717, 1.165) is 21.8 Å². The number of esters is 1. The summed E-state index contributed by atoms with van der Waals surface area (Å²) < 4.78 is 5.06. The maximum Gasteiger partial charge on any atom is 0.348 e. The van der Waals surface area contributed by atoms with Crippen molar-refractivity contribution < 1.29 is 14.5 Å². The van der Waals surface area contributed by atoms with E-state index in [0.29, 0.717) is 11.4 Å². The molecule has 0 saturated carbocycles. The van der Waals surface area contributed by atoms with Gasteiger partial charge in [-0.15, -0.1) is 0 Å². The standard InChI is InChI=1S/C20H18N2O4S/c1-2-26-19(23)14-21(16-11-7-4-8-12-16)17-13-18(27-20(17)22(24)25)15-9-5-3-6-10-15/h3-13H,2,14H2,1H3. The van der Waals surface area contributed by atoms with E-state index in [1.807, 2.05) is 60.7 Å². The van der Waals surface area contributed by atoms with Crippen LogP contribution in [0.5, 0.6) is 0 Å². The second-order valence-corrected chi connectivity index (χ2v) is 6.68. The quantitative estimate of drug-likeness (QED) is 0.326. The van der Waals surface area contributed by atoms with Crippen LogP contribution in [0.25, 0.3) is 10.4 Å². The Balaban J connectivity index is 2.09. The second-order valence-electron chi connectivity index (χ2n) is 5.65. The summed E-state index contributed by atoms with van der Waals surface area (Å²) in [7, 11) is 0. The van der Waals surface area contributed by atoms with Crippen molar-refractivity contribution in [1.82, 2.24) is 0 Å². The van der Waals surface area contributed by atoms with Gasteiger partial charge in [-0.1, -0.05) is 59.9 Å². The SMILES string of the molecule is CCOC(=O)CN(c1ccccc1)c1cc(-c2ccccc2)sc1[N+](=O)[O-]. The topological polar surface area (TPSA) is 72.7 Å². The van der Waals surface area contributed by atoms with Crippen LogP contribution in [0, 0.1) is 10.1 Å². The Labute approximate surface area is 160 Å². The van der Waals surface area contributed by atoms with Gasteiger partial charge in [0.15, 0.2) is 0 Å². The van der Waals surface area contributed by atoms with Crippen molar-refractivity contribution in [2.75, 3.05) is 18.1 Å². The minimum Gasteiger partial charge on any atom is -0.465 e. The van der Waals surface area contributed by atoms with Gasteiger partial charge in [-0.3, -0.25) is 14.9 Å². The first-order chi connectivity index (χ1) is 13.1. The zero-order valence-electron chi connectivity index (χ0n) is 14.7. The molecule has 1 heterocycles. The number of thiophene rings is 1. The van der Waals surface area contributed by atoms with Crippen LogP contribution in [0.2, 0.25) is 0 Å². The highest BCUT2D eigenvalue weighted by molar-refractivity contribution is 7.19. The number of nitrogens with zero attached hydrogens (tertiary/aromatic N) is 2. The number of hydrogen-bond donors (Lipinski definition) is 0. The molecule has 138 valence electrons. The number of nitro groups is 1. The van der Waals surface area contributed by atoms with Crippen molar-refractivity contribution in [3.05, 3.63) is 76.8 Å². The van der Waals surface area contributed by atoms with E-state index < -0.39 is 10.9 Å². The Kier molecular flexibility index (Phi) is 5.83. The van der Waals surface area contributed by atoms with Gasteiger partial charge in [0.2, 0.25) is 0 Å². The third kappa shape index (κ3) is 4.32. The van der Waals surface area contributed by atoms with Crippen LogP contribution in [0.4, 0.5) is 16.4 Å². The van der Waals surface area contributed by atoms with Crippen molar-refractivity contribution in [3.63, 3.8) is 0 Å². The van der Waals surface area contributed by atoms with E-state index in [4.69, 9.17) is 4.74 Å². The maximum absolute atomic E-state index is 12.1. The van der Waals surface area contributed by atoms with Gasteiger partial charge in [0.05, 0.1) is 11.5 Å². The normalized spacial score (nSPS) is 10.4. The molecular weight excluding hydrogens is 364 g/mol. The lowest BCUT2D eigenvalue weighted by Crippen LogP contribution is -2.27. The van der Waals surface area contributed by atoms with E-state index in [1.165, 1.54) is 0 Å². The highest BCUT2D eigenvalue weighted by Crippen LogP contribution is 2.44. The van der Waals surface area contributed by atoms with E-state index in [1.54, 1.807) is 17.9 Å². The van der Waals surface area contributed by atoms with Crippen LogP contribution >= 0.6 is 11.3 Å². The van der Waals surface area contributed by atoms with E-state index >= 15 is 0 Å². The van der Waals surface area contributed by atoms with Crippen LogP contribution in [-0.2, 0) is 9.53 Å². The molecule has 0 aliphatic heterocycles. The number of anilines is 2.